The molecule has 0 aromatic carbocycles. The number of hydrogen-bond acceptors (Lipinski definition) is 3. The highest BCUT2D eigenvalue weighted by atomic mass is 16.3. The zero-order valence-corrected chi connectivity index (χ0v) is 12.4. The number of aliphatic hydroxyl groups is 1. The number of hydrogen-bond donors (Lipinski definition) is 3. The molecule has 112 valence electrons. The maximum atomic E-state index is 12.0. The molecule has 0 spiro atoms. The van der Waals surface area contributed by atoms with Gasteiger partial charge in [0.05, 0.1) is 12.8 Å². The molecule has 6 heteroatoms. The highest BCUT2D eigenvalue weighted by Gasteiger charge is 2.39. The van der Waals surface area contributed by atoms with Crippen LogP contribution in [0.25, 0.3) is 0 Å². The van der Waals surface area contributed by atoms with E-state index < -0.39 is 0 Å². The van der Waals surface area contributed by atoms with Crippen LogP contribution in [0.2, 0.25) is 0 Å². The predicted molar refractivity (Wildman–Crippen MR) is 76.1 cm³/mol. The molecular weight excluding hydrogens is 256 g/mol. The lowest BCUT2D eigenvalue weighted by Crippen LogP contribution is -2.48. The Balaban J connectivity index is 1.85. The van der Waals surface area contributed by atoms with Gasteiger partial charge >= 0.3 is 6.03 Å². The predicted octanol–water partition coefficient (Wildman–Crippen LogP) is 1.08. The summed E-state index contributed by atoms with van der Waals surface area (Å²) in [5.74, 6) is 0. The molecule has 1 aromatic rings. The Kier molecular flexibility index (Phi) is 4.32. The molecule has 0 bridgehead atoms. The van der Waals surface area contributed by atoms with Crippen LogP contribution in [-0.4, -0.2) is 33.6 Å². The van der Waals surface area contributed by atoms with Crippen LogP contribution in [0.4, 0.5) is 4.79 Å². The van der Waals surface area contributed by atoms with Crippen LogP contribution in [0.1, 0.15) is 37.4 Å². The van der Waals surface area contributed by atoms with E-state index in [1.165, 1.54) is 0 Å². The fourth-order valence-corrected chi connectivity index (χ4v) is 2.77. The Morgan fingerprint density at radius 2 is 2.40 bits per heavy atom. The third-order valence-corrected chi connectivity index (χ3v) is 4.52. The van der Waals surface area contributed by atoms with Gasteiger partial charge in [0.2, 0.25) is 0 Å². The van der Waals surface area contributed by atoms with Crippen LogP contribution in [0, 0.1) is 12.3 Å². The number of aliphatic hydroxyl groups excluding tert-OH is 1. The van der Waals surface area contributed by atoms with E-state index >= 15 is 0 Å². The van der Waals surface area contributed by atoms with Crippen LogP contribution in [0.5, 0.6) is 0 Å². The second-order valence-electron chi connectivity index (χ2n) is 5.96. The molecular formula is C14H24N4O2. The molecule has 1 aliphatic rings. The number of urea groups is 1. The van der Waals surface area contributed by atoms with Gasteiger partial charge < -0.3 is 15.7 Å². The highest BCUT2D eigenvalue weighted by Crippen LogP contribution is 2.37. The van der Waals surface area contributed by atoms with E-state index in [1.54, 1.807) is 10.9 Å². The lowest BCUT2D eigenvalue weighted by atomic mass is 9.86. The Morgan fingerprint density at radius 3 is 3.00 bits per heavy atom. The van der Waals surface area contributed by atoms with Crippen LogP contribution < -0.4 is 10.6 Å². The first-order valence-corrected chi connectivity index (χ1v) is 7.09. The Morgan fingerprint density at radius 1 is 1.65 bits per heavy atom. The van der Waals surface area contributed by atoms with Crippen molar-refractivity contribution in [2.24, 2.45) is 12.5 Å². The van der Waals surface area contributed by atoms with E-state index in [0.717, 1.165) is 30.5 Å². The number of nitrogens with zero attached hydrogens (tertiary/aromatic N) is 2. The van der Waals surface area contributed by atoms with Gasteiger partial charge in [0.1, 0.15) is 0 Å². The lowest BCUT2D eigenvalue weighted by molar-refractivity contribution is 0.121. The lowest BCUT2D eigenvalue weighted by Gasteiger charge is -2.30. The number of carbonyl (C=O) groups is 1. The monoisotopic (exact) mass is 280 g/mol. The van der Waals surface area contributed by atoms with E-state index in [9.17, 15) is 9.90 Å². The zero-order chi connectivity index (χ0) is 14.8. The number of aryl methyl sites for hydroxylation is 1. The maximum absolute atomic E-state index is 12.0. The topological polar surface area (TPSA) is 79.2 Å². The maximum Gasteiger partial charge on any atom is 0.315 e. The van der Waals surface area contributed by atoms with Crippen molar-refractivity contribution >= 4 is 6.03 Å². The second-order valence-corrected chi connectivity index (χ2v) is 5.96. The fraction of sp³-hybridized carbons (Fsp3) is 0.714. The molecule has 2 unspecified atom stereocenters. The fourth-order valence-electron chi connectivity index (χ4n) is 2.77. The first-order valence-electron chi connectivity index (χ1n) is 7.09. The van der Waals surface area contributed by atoms with Gasteiger partial charge in [-0.3, -0.25) is 4.68 Å². The Labute approximate surface area is 119 Å². The van der Waals surface area contributed by atoms with Gasteiger partial charge in [0.15, 0.2) is 0 Å². The van der Waals surface area contributed by atoms with Crippen molar-refractivity contribution in [2.45, 2.75) is 45.7 Å². The molecule has 0 radical (unpaired) electrons. The summed E-state index contributed by atoms with van der Waals surface area (Å²) in [7, 11) is 1.88. The molecule has 6 nitrogen and oxygen atoms in total. The minimum atomic E-state index is -0.193. The van der Waals surface area contributed by atoms with E-state index in [-0.39, 0.29) is 24.1 Å². The summed E-state index contributed by atoms with van der Waals surface area (Å²) in [5, 5.41) is 19.5. The van der Waals surface area contributed by atoms with Crippen molar-refractivity contribution in [1.82, 2.24) is 20.4 Å². The summed E-state index contributed by atoms with van der Waals surface area (Å²) in [4.78, 5) is 12.0. The largest absolute Gasteiger partial charge is 0.396 e. The van der Waals surface area contributed by atoms with Crippen molar-refractivity contribution in [3.05, 3.63) is 17.5 Å². The van der Waals surface area contributed by atoms with Gasteiger partial charge in [-0.15, -0.1) is 0 Å². The first kappa shape index (κ1) is 14.8. The molecule has 1 aromatic heterocycles. The van der Waals surface area contributed by atoms with Crippen molar-refractivity contribution < 1.29 is 9.90 Å². The average molecular weight is 280 g/mol. The molecule has 1 heterocycles. The number of amides is 2. The van der Waals surface area contributed by atoms with Crippen molar-refractivity contribution in [3.8, 4) is 0 Å². The minimum absolute atomic E-state index is 0.0440. The number of carbonyl (C=O) groups excluding carboxylic acids is 1. The number of rotatable bonds is 4. The minimum Gasteiger partial charge on any atom is -0.396 e. The van der Waals surface area contributed by atoms with E-state index in [4.69, 9.17) is 0 Å². The highest BCUT2D eigenvalue weighted by molar-refractivity contribution is 5.74. The molecule has 3 N–H and O–H groups in total. The molecule has 1 fully saturated rings. The van der Waals surface area contributed by atoms with E-state index in [0.29, 0.717) is 6.54 Å². The van der Waals surface area contributed by atoms with Crippen LogP contribution >= 0.6 is 0 Å². The molecule has 2 atom stereocenters. The normalized spacial score (nSPS) is 25.7. The first-order chi connectivity index (χ1) is 9.46. The van der Waals surface area contributed by atoms with E-state index in [2.05, 4.69) is 15.7 Å². The SMILES string of the molecule is Cc1c(CNC(=O)NC2CCCC2(C)CO)cnn1C. The van der Waals surface area contributed by atoms with Crippen LogP contribution in [-0.2, 0) is 13.6 Å². The number of aromatic nitrogens is 2. The van der Waals surface area contributed by atoms with Crippen molar-refractivity contribution in [3.63, 3.8) is 0 Å². The summed E-state index contributed by atoms with van der Waals surface area (Å²) in [6.45, 7) is 4.58. The quantitative estimate of drug-likeness (QED) is 0.772. The van der Waals surface area contributed by atoms with Crippen LogP contribution in [0.15, 0.2) is 6.20 Å². The molecule has 1 aliphatic carbocycles. The summed E-state index contributed by atoms with van der Waals surface area (Å²) in [5.41, 5.74) is 1.87. The third-order valence-electron chi connectivity index (χ3n) is 4.52. The Bertz CT molecular complexity index is 486. The summed E-state index contributed by atoms with van der Waals surface area (Å²) in [6, 6.07) is -0.137. The van der Waals surface area contributed by atoms with Gasteiger partial charge in [-0.05, 0) is 19.8 Å². The third kappa shape index (κ3) is 2.95. The van der Waals surface area contributed by atoms with Gasteiger partial charge in [-0.25, -0.2) is 4.79 Å². The van der Waals surface area contributed by atoms with Gasteiger partial charge in [0.25, 0.3) is 0 Å². The van der Waals surface area contributed by atoms with Gasteiger partial charge in [-0.1, -0.05) is 13.3 Å². The average Bonchev–Trinajstić information content (AvgIpc) is 2.94. The zero-order valence-electron chi connectivity index (χ0n) is 12.4. The van der Waals surface area contributed by atoms with Gasteiger partial charge in [0, 0.05) is 36.3 Å². The molecule has 2 amide bonds. The molecule has 0 saturated heterocycles. The number of nitrogens with one attached hydrogen (secondary N) is 2. The van der Waals surface area contributed by atoms with Crippen molar-refractivity contribution in [2.75, 3.05) is 6.61 Å². The van der Waals surface area contributed by atoms with Crippen molar-refractivity contribution in [1.29, 1.82) is 0 Å². The van der Waals surface area contributed by atoms with Gasteiger partial charge in [-0.2, -0.15) is 5.10 Å². The van der Waals surface area contributed by atoms with E-state index in [1.807, 2.05) is 20.9 Å². The standard InChI is InChI=1S/C14H24N4O2/c1-10-11(8-16-18(10)3)7-15-13(20)17-12-5-4-6-14(12,2)9-19/h8,12,19H,4-7,9H2,1-3H3,(H2,15,17,20). The molecule has 0 aliphatic heterocycles. The molecule has 1 saturated carbocycles. The summed E-state index contributed by atoms with van der Waals surface area (Å²) in [6.07, 6.45) is 4.69. The smallest absolute Gasteiger partial charge is 0.315 e. The van der Waals surface area contributed by atoms with Crippen LogP contribution in [0.3, 0.4) is 0 Å². The molecule has 20 heavy (non-hydrogen) atoms. The summed E-state index contributed by atoms with van der Waals surface area (Å²) < 4.78 is 1.79. The summed E-state index contributed by atoms with van der Waals surface area (Å²) >= 11 is 0. The Hall–Kier alpha value is -1.56. The molecule has 2 rings (SSSR count). The second kappa shape index (κ2) is 5.83.